The molecule has 266 valence electrons. The molecule has 0 saturated heterocycles. The van der Waals surface area contributed by atoms with Crippen molar-refractivity contribution in [3.63, 3.8) is 0 Å². The lowest BCUT2D eigenvalue weighted by Crippen LogP contribution is -2.33. The summed E-state index contributed by atoms with van der Waals surface area (Å²) >= 11 is 1.44. The van der Waals surface area contributed by atoms with Crippen molar-refractivity contribution in [2.45, 2.75) is 85.4 Å². The van der Waals surface area contributed by atoms with E-state index >= 15 is 0 Å². The Bertz CT molecular complexity index is 2060. The summed E-state index contributed by atoms with van der Waals surface area (Å²) in [6.45, 7) is 11.3. The Kier molecular flexibility index (Phi) is 10.5. The second-order valence-electron chi connectivity index (χ2n) is 13.8. The number of carbonyl (C=O) groups is 3. The summed E-state index contributed by atoms with van der Waals surface area (Å²) in [5, 5.41) is 8.37. The number of methoxy groups -OCH3 is 1. The summed E-state index contributed by atoms with van der Waals surface area (Å²) in [6.07, 6.45) is 3.59. The van der Waals surface area contributed by atoms with E-state index in [1.54, 1.807) is 0 Å². The number of anilines is 2. The molecule has 0 radical (unpaired) electrons. The summed E-state index contributed by atoms with van der Waals surface area (Å²) in [5.41, 5.74) is 6.19. The minimum atomic E-state index is -0.722. The lowest BCUT2D eigenvalue weighted by Gasteiger charge is -2.31. The van der Waals surface area contributed by atoms with E-state index in [-0.39, 0.29) is 17.6 Å². The molecule has 0 unspecified atom stereocenters. The van der Waals surface area contributed by atoms with Gasteiger partial charge in [0.15, 0.2) is 10.8 Å². The van der Waals surface area contributed by atoms with Crippen LogP contribution in [0.25, 0.3) is 21.3 Å². The van der Waals surface area contributed by atoms with Gasteiger partial charge in [0.25, 0.3) is 5.91 Å². The van der Waals surface area contributed by atoms with E-state index in [0.29, 0.717) is 54.6 Å². The third-order valence-electron chi connectivity index (χ3n) is 8.96. The van der Waals surface area contributed by atoms with E-state index in [2.05, 4.69) is 21.3 Å². The SMILES string of the molecule is COC(=O)CCCCCn1nc(C)c(-c2ccc(N3CCc4cccc(C(=O)Nc5nc6ccccc6s5)c4C3)nc2C(=O)OC(C)(C)C)c1C. The standard InChI is InChI=1S/C39H44N6O5S/c1-24-34(25(2)45(43-24)21-11-7-8-17-33(46)49-6)28-18-19-32(41-35(28)37(48)50-39(3,4)5)44-22-20-26-13-12-14-27(29(26)23-44)36(47)42-38-40-30-15-9-10-16-31(30)51-38/h9-10,12-16,18-19H,7-8,11,17,20-23H2,1-6H3,(H,40,42,47). The summed E-state index contributed by atoms with van der Waals surface area (Å²) in [5.74, 6) is -0.298. The fourth-order valence-corrected chi connectivity index (χ4v) is 7.36. The highest BCUT2D eigenvalue weighted by Gasteiger charge is 2.29. The van der Waals surface area contributed by atoms with Crippen LogP contribution in [0.1, 0.15) is 89.8 Å². The van der Waals surface area contributed by atoms with Gasteiger partial charge in [-0.15, -0.1) is 0 Å². The number of para-hydroxylation sites is 1. The number of hydrogen-bond acceptors (Lipinski definition) is 10. The van der Waals surface area contributed by atoms with Crippen molar-refractivity contribution in [2.24, 2.45) is 0 Å². The van der Waals surface area contributed by atoms with Gasteiger partial charge in [0.05, 0.1) is 23.0 Å². The molecule has 1 N–H and O–H groups in total. The zero-order valence-corrected chi connectivity index (χ0v) is 30.9. The second-order valence-corrected chi connectivity index (χ2v) is 14.8. The minimum absolute atomic E-state index is 0.200. The van der Waals surface area contributed by atoms with Crippen LogP contribution in [0.5, 0.6) is 0 Å². The number of benzene rings is 2. The fraction of sp³-hybridized carbons (Fsp3) is 0.385. The molecule has 0 bridgehead atoms. The van der Waals surface area contributed by atoms with Gasteiger partial charge in [-0.25, -0.2) is 14.8 Å². The van der Waals surface area contributed by atoms with E-state index < -0.39 is 11.6 Å². The monoisotopic (exact) mass is 708 g/mol. The number of unbranched alkanes of at least 4 members (excludes halogenated alkanes) is 2. The number of esters is 2. The molecule has 5 aromatic rings. The van der Waals surface area contributed by atoms with Gasteiger partial charge < -0.3 is 14.4 Å². The van der Waals surface area contributed by atoms with Crippen LogP contribution < -0.4 is 10.2 Å². The molecule has 0 atom stereocenters. The van der Waals surface area contributed by atoms with Crippen LogP contribution in [0, 0.1) is 13.8 Å². The van der Waals surface area contributed by atoms with Gasteiger partial charge >= 0.3 is 11.9 Å². The van der Waals surface area contributed by atoms with Gasteiger partial charge in [0, 0.05) is 48.4 Å². The Morgan fingerprint density at radius 2 is 1.76 bits per heavy atom. The Morgan fingerprint density at radius 1 is 0.961 bits per heavy atom. The third-order valence-corrected chi connectivity index (χ3v) is 9.91. The van der Waals surface area contributed by atoms with Crippen LogP contribution in [0.3, 0.4) is 0 Å². The molecule has 1 amide bonds. The van der Waals surface area contributed by atoms with Crippen LogP contribution in [0.4, 0.5) is 10.9 Å². The number of rotatable bonds is 11. The van der Waals surface area contributed by atoms with Crippen molar-refractivity contribution in [3.8, 4) is 11.1 Å². The lowest BCUT2D eigenvalue weighted by atomic mass is 9.94. The van der Waals surface area contributed by atoms with E-state index in [4.69, 9.17) is 19.6 Å². The molecule has 0 saturated carbocycles. The molecular formula is C39H44N6O5S. The van der Waals surface area contributed by atoms with Gasteiger partial charge in [0.2, 0.25) is 0 Å². The number of nitrogens with zero attached hydrogens (tertiary/aromatic N) is 5. The molecule has 51 heavy (non-hydrogen) atoms. The molecule has 3 aromatic heterocycles. The molecule has 1 aliphatic rings. The summed E-state index contributed by atoms with van der Waals surface area (Å²) in [7, 11) is 1.40. The molecule has 2 aromatic carbocycles. The molecule has 6 rings (SSSR count). The summed E-state index contributed by atoms with van der Waals surface area (Å²) < 4.78 is 13.6. The maximum absolute atomic E-state index is 13.8. The fourth-order valence-electron chi connectivity index (χ4n) is 6.50. The summed E-state index contributed by atoms with van der Waals surface area (Å²) in [6, 6.07) is 17.5. The van der Waals surface area contributed by atoms with E-state index in [9.17, 15) is 14.4 Å². The normalized spacial score (nSPS) is 12.9. The molecule has 11 nitrogen and oxygen atoms in total. The van der Waals surface area contributed by atoms with Crippen LogP contribution in [-0.2, 0) is 33.8 Å². The third kappa shape index (κ3) is 8.12. The van der Waals surface area contributed by atoms with Gasteiger partial charge in [0.1, 0.15) is 11.4 Å². The number of carbonyl (C=O) groups excluding carboxylic acids is 3. The smallest absolute Gasteiger partial charge is 0.358 e. The zero-order valence-electron chi connectivity index (χ0n) is 30.0. The molecule has 12 heteroatoms. The van der Waals surface area contributed by atoms with Crippen LogP contribution in [0.15, 0.2) is 54.6 Å². The largest absolute Gasteiger partial charge is 0.469 e. The van der Waals surface area contributed by atoms with Gasteiger partial charge in [-0.1, -0.05) is 42.0 Å². The van der Waals surface area contributed by atoms with E-state index in [1.165, 1.54) is 18.4 Å². The lowest BCUT2D eigenvalue weighted by molar-refractivity contribution is -0.140. The topological polar surface area (TPSA) is 129 Å². The van der Waals surface area contributed by atoms with Gasteiger partial charge in [-0.05, 0) is 95.3 Å². The predicted molar refractivity (Wildman–Crippen MR) is 199 cm³/mol. The maximum Gasteiger partial charge on any atom is 0.358 e. The Balaban J connectivity index is 1.27. The molecule has 0 fully saturated rings. The molecule has 4 heterocycles. The molecule has 1 aliphatic heterocycles. The maximum atomic E-state index is 13.8. The Hall–Kier alpha value is -5.10. The number of hydrogen-bond donors (Lipinski definition) is 1. The van der Waals surface area contributed by atoms with Crippen LogP contribution in [0.2, 0.25) is 0 Å². The van der Waals surface area contributed by atoms with Crippen molar-refractivity contribution in [3.05, 3.63) is 88.4 Å². The van der Waals surface area contributed by atoms with E-state index in [1.807, 2.05) is 87.8 Å². The molecule has 0 aliphatic carbocycles. The van der Waals surface area contributed by atoms with Crippen molar-refractivity contribution in [1.82, 2.24) is 19.7 Å². The van der Waals surface area contributed by atoms with E-state index in [0.717, 1.165) is 57.6 Å². The number of aromatic nitrogens is 4. The first-order chi connectivity index (χ1) is 24.4. The zero-order chi connectivity index (χ0) is 36.3. The van der Waals surface area contributed by atoms with Crippen molar-refractivity contribution in [1.29, 1.82) is 0 Å². The summed E-state index contributed by atoms with van der Waals surface area (Å²) in [4.78, 5) is 50.5. The number of fused-ring (bicyclic) bond motifs is 2. The Labute approximate surface area is 302 Å². The second kappa shape index (κ2) is 15.0. The first-order valence-electron chi connectivity index (χ1n) is 17.3. The minimum Gasteiger partial charge on any atom is -0.469 e. The van der Waals surface area contributed by atoms with Crippen molar-refractivity contribution < 1.29 is 23.9 Å². The molecular weight excluding hydrogens is 665 g/mol. The first kappa shape index (κ1) is 35.7. The van der Waals surface area contributed by atoms with Crippen LogP contribution >= 0.6 is 11.3 Å². The molecule has 0 spiro atoms. The van der Waals surface area contributed by atoms with Crippen molar-refractivity contribution in [2.75, 3.05) is 23.9 Å². The van der Waals surface area contributed by atoms with Crippen LogP contribution in [-0.4, -0.2) is 56.8 Å². The predicted octanol–water partition coefficient (Wildman–Crippen LogP) is 7.68. The first-order valence-corrected chi connectivity index (χ1v) is 18.1. The van der Waals surface area contributed by atoms with Gasteiger partial charge in [-0.3, -0.25) is 19.6 Å². The number of aryl methyl sites for hydroxylation is 2. The number of thiazole rings is 1. The number of ether oxygens (including phenoxy) is 2. The highest BCUT2D eigenvalue weighted by molar-refractivity contribution is 7.22. The number of pyridine rings is 1. The highest BCUT2D eigenvalue weighted by Crippen LogP contribution is 2.34. The Morgan fingerprint density at radius 3 is 2.53 bits per heavy atom. The quantitative estimate of drug-likeness (QED) is 0.109. The number of nitrogens with one attached hydrogen (secondary N) is 1. The van der Waals surface area contributed by atoms with Gasteiger partial charge in [-0.2, -0.15) is 5.10 Å². The average molecular weight is 709 g/mol. The number of amides is 1. The highest BCUT2D eigenvalue weighted by atomic mass is 32.1. The van der Waals surface area contributed by atoms with Crippen molar-refractivity contribution >= 4 is 50.3 Å². The average Bonchev–Trinajstić information content (AvgIpc) is 3.64.